The van der Waals surface area contributed by atoms with Gasteiger partial charge >= 0.3 is 6.18 Å². The van der Waals surface area contributed by atoms with Crippen LogP contribution in [0.2, 0.25) is 0 Å². The van der Waals surface area contributed by atoms with Crippen molar-refractivity contribution in [3.8, 4) is 11.5 Å². The molecule has 0 radical (unpaired) electrons. The van der Waals surface area contributed by atoms with Crippen molar-refractivity contribution in [1.29, 1.82) is 0 Å². The van der Waals surface area contributed by atoms with Crippen molar-refractivity contribution in [2.24, 2.45) is 5.92 Å². The number of carbonyl (C=O) groups excluding carboxylic acids is 1. The number of hydrogen-bond donors (Lipinski definition) is 1. The van der Waals surface area contributed by atoms with E-state index in [9.17, 15) is 18.0 Å². The topological polar surface area (TPSA) is 54.5 Å². The lowest BCUT2D eigenvalue weighted by molar-refractivity contribution is -0.141. The van der Waals surface area contributed by atoms with Gasteiger partial charge in [-0.3, -0.25) is 14.7 Å². The Morgan fingerprint density at radius 3 is 2.45 bits per heavy atom. The number of benzene rings is 1. The normalized spacial score (nSPS) is 26.2. The van der Waals surface area contributed by atoms with E-state index in [1.807, 2.05) is 0 Å². The highest BCUT2D eigenvalue weighted by Gasteiger charge is 2.40. The Hall–Kier alpha value is -2.61. The van der Waals surface area contributed by atoms with Gasteiger partial charge in [-0.05, 0) is 69.1 Å². The second kappa shape index (κ2) is 7.67. The van der Waals surface area contributed by atoms with Gasteiger partial charge in [-0.2, -0.15) is 13.2 Å². The first-order chi connectivity index (χ1) is 13.8. The Morgan fingerprint density at radius 2 is 1.83 bits per heavy atom. The van der Waals surface area contributed by atoms with Crippen molar-refractivity contribution in [2.75, 3.05) is 13.1 Å². The first-order valence-corrected chi connectivity index (χ1v) is 9.67. The number of fused-ring (bicyclic) bond motifs is 3. The largest absolute Gasteiger partial charge is 0.457 e. The van der Waals surface area contributed by atoms with E-state index in [0.29, 0.717) is 23.3 Å². The minimum absolute atomic E-state index is 0.0330. The van der Waals surface area contributed by atoms with Crippen molar-refractivity contribution < 1.29 is 22.7 Å². The summed E-state index contributed by atoms with van der Waals surface area (Å²) in [5, 5.41) is 3.15. The molecule has 29 heavy (non-hydrogen) atoms. The van der Waals surface area contributed by atoms with Gasteiger partial charge in [0.2, 0.25) is 0 Å². The Kier molecular flexibility index (Phi) is 5.21. The Bertz CT molecular complexity index is 875. The van der Waals surface area contributed by atoms with E-state index >= 15 is 0 Å². The van der Waals surface area contributed by atoms with Crippen LogP contribution in [0.15, 0.2) is 42.6 Å². The molecule has 2 atom stereocenters. The number of aromatic nitrogens is 1. The van der Waals surface area contributed by atoms with Gasteiger partial charge in [0.1, 0.15) is 17.2 Å². The predicted molar refractivity (Wildman–Crippen MR) is 101 cm³/mol. The molecule has 5 rings (SSSR count). The summed E-state index contributed by atoms with van der Waals surface area (Å²) in [5.41, 5.74) is -0.524. The molecule has 1 aromatic carbocycles. The average molecular weight is 405 g/mol. The van der Waals surface area contributed by atoms with Gasteiger partial charge in [-0.1, -0.05) is 0 Å². The maximum Gasteiger partial charge on any atom is 0.433 e. The zero-order valence-electron chi connectivity index (χ0n) is 15.9. The quantitative estimate of drug-likeness (QED) is 0.832. The molecule has 3 saturated heterocycles. The monoisotopic (exact) mass is 405 g/mol. The number of carbonyl (C=O) groups is 1. The fraction of sp³-hybridized carbons (Fsp3) is 0.429. The highest BCUT2D eigenvalue weighted by Crippen LogP contribution is 2.33. The van der Waals surface area contributed by atoms with Crippen molar-refractivity contribution >= 4 is 5.91 Å². The minimum Gasteiger partial charge on any atom is -0.457 e. The standard InChI is InChI=1S/C21H22F3N3O2/c1-13-19(14-7-10-27(13)11-8-14)26-20(28)15-2-4-16(5-3-15)29-17-6-9-25-18(12-17)21(22,23)24/h2-6,9,12-14,19H,7-8,10-11H2,1H3,(H,26,28). The van der Waals surface area contributed by atoms with Gasteiger partial charge in [0, 0.05) is 29.9 Å². The summed E-state index contributed by atoms with van der Waals surface area (Å²) in [6.07, 6.45) is -1.27. The molecule has 4 heterocycles. The zero-order chi connectivity index (χ0) is 20.6. The number of hydrogen-bond acceptors (Lipinski definition) is 4. The molecule has 3 aliphatic rings. The third-order valence-electron chi connectivity index (χ3n) is 5.85. The van der Waals surface area contributed by atoms with Crippen LogP contribution in [0.4, 0.5) is 13.2 Å². The molecule has 0 saturated carbocycles. The summed E-state index contributed by atoms with van der Waals surface area (Å²) in [7, 11) is 0. The van der Waals surface area contributed by atoms with Crippen LogP contribution in [-0.2, 0) is 6.18 Å². The van der Waals surface area contributed by atoms with Crippen molar-refractivity contribution in [2.45, 2.75) is 38.0 Å². The minimum atomic E-state index is -4.53. The first kappa shape index (κ1) is 19.7. The van der Waals surface area contributed by atoms with E-state index in [4.69, 9.17) is 4.74 Å². The Morgan fingerprint density at radius 1 is 1.14 bits per heavy atom. The van der Waals surface area contributed by atoms with Crippen LogP contribution in [0.1, 0.15) is 35.8 Å². The molecule has 1 N–H and O–H groups in total. The molecule has 3 fully saturated rings. The van der Waals surface area contributed by atoms with E-state index < -0.39 is 11.9 Å². The molecule has 1 amide bonds. The first-order valence-electron chi connectivity index (χ1n) is 9.67. The summed E-state index contributed by atoms with van der Waals surface area (Å²) in [5.74, 6) is 0.740. The predicted octanol–water partition coefficient (Wildman–Crippen LogP) is 4.11. The van der Waals surface area contributed by atoms with Crippen LogP contribution in [-0.4, -0.2) is 41.0 Å². The van der Waals surface area contributed by atoms with E-state index in [1.54, 1.807) is 24.3 Å². The van der Waals surface area contributed by atoms with Crippen LogP contribution >= 0.6 is 0 Å². The molecule has 0 spiro atoms. The number of pyridine rings is 1. The van der Waals surface area contributed by atoms with Crippen LogP contribution in [0.3, 0.4) is 0 Å². The lowest BCUT2D eigenvalue weighted by atomic mass is 9.79. The maximum absolute atomic E-state index is 12.8. The van der Waals surface area contributed by atoms with Gasteiger partial charge in [-0.15, -0.1) is 0 Å². The summed E-state index contributed by atoms with van der Waals surface area (Å²) in [4.78, 5) is 18.4. The highest BCUT2D eigenvalue weighted by molar-refractivity contribution is 5.94. The van der Waals surface area contributed by atoms with Gasteiger partial charge in [0.15, 0.2) is 0 Å². The van der Waals surface area contributed by atoms with Crippen molar-refractivity contribution in [3.05, 3.63) is 53.9 Å². The fourth-order valence-electron chi connectivity index (χ4n) is 4.22. The number of amides is 1. The number of nitrogens with one attached hydrogen (secondary N) is 1. The van der Waals surface area contributed by atoms with Crippen LogP contribution in [0.25, 0.3) is 0 Å². The number of halogens is 3. The highest BCUT2D eigenvalue weighted by atomic mass is 19.4. The molecule has 5 nitrogen and oxygen atoms in total. The third kappa shape index (κ3) is 4.22. The van der Waals surface area contributed by atoms with Crippen molar-refractivity contribution in [3.63, 3.8) is 0 Å². The van der Waals surface area contributed by atoms with E-state index in [1.165, 1.54) is 6.07 Å². The number of ether oxygens (including phenoxy) is 1. The SMILES string of the molecule is CC1C(NC(=O)c2ccc(Oc3ccnc(C(F)(F)F)c3)cc2)C2CCN1CC2. The molecule has 2 aromatic rings. The molecule has 0 aliphatic carbocycles. The molecule has 2 unspecified atom stereocenters. The molecule has 3 aliphatic heterocycles. The van der Waals surface area contributed by atoms with Crippen LogP contribution in [0.5, 0.6) is 11.5 Å². The van der Waals surface area contributed by atoms with E-state index in [2.05, 4.69) is 22.1 Å². The summed E-state index contributed by atoms with van der Waals surface area (Å²) < 4.78 is 43.8. The van der Waals surface area contributed by atoms with Gasteiger partial charge in [0.25, 0.3) is 5.91 Å². The number of nitrogens with zero attached hydrogens (tertiary/aromatic N) is 2. The summed E-state index contributed by atoms with van der Waals surface area (Å²) in [6, 6.07) is 9.03. The Labute approximate surface area is 166 Å². The number of piperidine rings is 3. The lowest BCUT2D eigenvalue weighted by Crippen LogP contribution is -2.62. The molecule has 1 aromatic heterocycles. The van der Waals surface area contributed by atoms with Crippen LogP contribution in [0, 0.1) is 5.92 Å². The maximum atomic E-state index is 12.8. The second-order valence-electron chi connectivity index (χ2n) is 7.61. The number of rotatable bonds is 4. The van der Waals surface area contributed by atoms with Crippen LogP contribution < -0.4 is 10.1 Å². The van der Waals surface area contributed by atoms with E-state index in [0.717, 1.165) is 38.2 Å². The van der Waals surface area contributed by atoms with Gasteiger partial charge < -0.3 is 10.1 Å². The summed E-state index contributed by atoms with van der Waals surface area (Å²) >= 11 is 0. The van der Waals surface area contributed by atoms with Gasteiger partial charge in [0.05, 0.1) is 0 Å². The second-order valence-corrected chi connectivity index (χ2v) is 7.61. The molecule has 8 heteroatoms. The number of alkyl halides is 3. The molecular formula is C21H22F3N3O2. The smallest absolute Gasteiger partial charge is 0.433 e. The van der Waals surface area contributed by atoms with Gasteiger partial charge in [-0.25, -0.2) is 0 Å². The summed E-state index contributed by atoms with van der Waals surface area (Å²) in [6.45, 7) is 4.34. The lowest BCUT2D eigenvalue weighted by Gasteiger charge is -2.49. The fourth-order valence-corrected chi connectivity index (χ4v) is 4.22. The van der Waals surface area contributed by atoms with Crippen molar-refractivity contribution in [1.82, 2.24) is 15.2 Å². The molecular weight excluding hydrogens is 383 g/mol. The van der Waals surface area contributed by atoms with E-state index in [-0.39, 0.29) is 17.7 Å². The Balaban J connectivity index is 1.41. The molecule has 2 bridgehead atoms. The molecule has 154 valence electrons. The third-order valence-corrected chi connectivity index (χ3v) is 5.85. The zero-order valence-corrected chi connectivity index (χ0v) is 15.9. The average Bonchev–Trinajstić information content (AvgIpc) is 2.71.